The maximum Gasteiger partial charge on any atom is 0.148 e. The molecule has 0 aliphatic rings. The van der Waals surface area contributed by atoms with E-state index in [2.05, 4.69) is 22.3 Å². The van der Waals surface area contributed by atoms with E-state index in [4.69, 9.17) is 5.73 Å². The zero-order valence-electron chi connectivity index (χ0n) is 11.0. The summed E-state index contributed by atoms with van der Waals surface area (Å²) >= 11 is 0. The summed E-state index contributed by atoms with van der Waals surface area (Å²) in [5.41, 5.74) is 8.80. The van der Waals surface area contributed by atoms with E-state index in [1.807, 2.05) is 30.7 Å². The van der Waals surface area contributed by atoms with Gasteiger partial charge >= 0.3 is 0 Å². The normalized spacial score (nSPS) is 12.4. The van der Waals surface area contributed by atoms with Crippen molar-refractivity contribution in [1.29, 1.82) is 0 Å². The highest BCUT2D eigenvalue weighted by atomic mass is 15.3. The Labute approximate surface area is 107 Å². The summed E-state index contributed by atoms with van der Waals surface area (Å²) in [4.78, 5) is 4.02. The number of nitrogens with one attached hydrogen (secondary N) is 1. The molecule has 0 amide bonds. The Morgan fingerprint density at radius 3 is 2.67 bits per heavy atom. The molecule has 0 aromatic carbocycles. The molecule has 1 unspecified atom stereocenters. The molecule has 2 aromatic heterocycles. The summed E-state index contributed by atoms with van der Waals surface area (Å²) in [6.07, 6.45) is 3.58. The van der Waals surface area contributed by atoms with Gasteiger partial charge in [0.15, 0.2) is 0 Å². The number of aryl methyl sites for hydroxylation is 2. The average molecular weight is 245 g/mol. The second-order valence-electron chi connectivity index (χ2n) is 4.31. The number of anilines is 2. The minimum absolute atomic E-state index is 0.164. The molecule has 0 saturated carbocycles. The molecule has 18 heavy (non-hydrogen) atoms. The lowest BCUT2D eigenvalue weighted by Gasteiger charge is -2.16. The first-order valence-corrected chi connectivity index (χ1v) is 6.12. The van der Waals surface area contributed by atoms with Crippen molar-refractivity contribution in [3.63, 3.8) is 0 Å². The van der Waals surface area contributed by atoms with Crippen LogP contribution in [0.3, 0.4) is 0 Å². The highest BCUT2D eigenvalue weighted by Crippen LogP contribution is 2.26. The molecule has 2 heterocycles. The first kappa shape index (κ1) is 12.4. The maximum atomic E-state index is 6.05. The average Bonchev–Trinajstić information content (AvgIpc) is 2.67. The molecule has 3 N–H and O–H groups in total. The van der Waals surface area contributed by atoms with E-state index in [-0.39, 0.29) is 6.04 Å². The predicted octanol–water partition coefficient (Wildman–Crippen LogP) is 2.36. The van der Waals surface area contributed by atoms with Gasteiger partial charge in [0.2, 0.25) is 0 Å². The molecule has 5 heteroatoms. The van der Waals surface area contributed by atoms with Crippen molar-refractivity contribution >= 4 is 11.5 Å². The van der Waals surface area contributed by atoms with Gasteiger partial charge in [-0.05, 0) is 38.5 Å². The third-order valence-electron chi connectivity index (χ3n) is 3.03. The van der Waals surface area contributed by atoms with Crippen molar-refractivity contribution in [2.45, 2.75) is 33.4 Å². The minimum atomic E-state index is 0.164. The van der Waals surface area contributed by atoms with Gasteiger partial charge in [-0.2, -0.15) is 5.10 Å². The largest absolute Gasteiger partial charge is 0.394 e. The van der Waals surface area contributed by atoms with Crippen LogP contribution in [-0.4, -0.2) is 14.8 Å². The molecular formula is C13H19N5. The van der Waals surface area contributed by atoms with Crippen LogP contribution in [0.25, 0.3) is 0 Å². The fourth-order valence-electron chi connectivity index (χ4n) is 1.92. The molecule has 1 atom stereocenters. The van der Waals surface area contributed by atoms with E-state index in [9.17, 15) is 0 Å². The number of aromatic nitrogens is 3. The van der Waals surface area contributed by atoms with E-state index in [1.54, 1.807) is 12.4 Å². The molecule has 96 valence electrons. The summed E-state index contributed by atoms with van der Waals surface area (Å²) < 4.78 is 1.89. The van der Waals surface area contributed by atoms with Crippen LogP contribution in [0.4, 0.5) is 11.5 Å². The van der Waals surface area contributed by atoms with Gasteiger partial charge in [-0.1, -0.05) is 0 Å². The lowest BCUT2D eigenvalue weighted by Crippen LogP contribution is -2.12. The topological polar surface area (TPSA) is 68.8 Å². The van der Waals surface area contributed by atoms with Crippen LogP contribution in [0.5, 0.6) is 0 Å². The first-order chi connectivity index (χ1) is 8.63. The molecule has 0 radical (unpaired) electrons. The van der Waals surface area contributed by atoms with Crippen molar-refractivity contribution in [3.05, 3.63) is 35.8 Å². The monoisotopic (exact) mass is 245 g/mol. The van der Waals surface area contributed by atoms with Crippen LogP contribution in [0.1, 0.15) is 31.1 Å². The predicted molar refractivity (Wildman–Crippen MR) is 73.3 cm³/mol. The van der Waals surface area contributed by atoms with E-state index in [0.717, 1.165) is 23.7 Å². The molecule has 2 rings (SSSR count). The van der Waals surface area contributed by atoms with Crippen LogP contribution >= 0.6 is 0 Å². The number of pyridine rings is 1. The van der Waals surface area contributed by atoms with E-state index >= 15 is 0 Å². The molecule has 0 spiro atoms. The van der Waals surface area contributed by atoms with Crippen LogP contribution < -0.4 is 11.1 Å². The van der Waals surface area contributed by atoms with Gasteiger partial charge < -0.3 is 11.1 Å². The molecular weight excluding hydrogens is 226 g/mol. The Balaban J connectivity index is 2.24. The van der Waals surface area contributed by atoms with Gasteiger partial charge in [-0.3, -0.25) is 4.98 Å². The summed E-state index contributed by atoms with van der Waals surface area (Å²) in [5, 5.41) is 7.81. The first-order valence-electron chi connectivity index (χ1n) is 6.12. The fourth-order valence-corrected chi connectivity index (χ4v) is 1.92. The summed E-state index contributed by atoms with van der Waals surface area (Å²) in [5.74, 6) is 0.888. The van der Waals surface area contributed by atoms with E-state index in [0.29, 0.717) is 0 Å². The summed E-state index contributed by atoms with van der Waals surface area (Å²) in [7, 11) is 0. The Bertz CT molecular complexity index is 518. The van der Waals surface area contributed by atoms with Gasteiger partial charge in [-0.15, -0.1) is 0 Å². The van der Waals surface area contributed by atoms with Crippen molar-refractivity contribution in [2.75, 3.05) is 11.1 Å². The molecule has 2 aromatic rings. The van der Waals surface area contributed by atoms with E-state index in [1.165, 1.54) is 5.56 Å². The number of nitrogens with zero attached hydrogens (tertiary/aromatic N) is 3. The zero-order valence-corrected chi connectivity index (χ0v) is 11.0. The number of rotatable bonds is 4. The van der Waals surface area contributed by atoms with Gasteiger partial charge in [0.1, 0.15) is 5.82 Å². The quantitative estimate of drug-likeness (QED) is 0.867. The highest BCUT2D eigenvalue weighted by molar-refractivity contribution is 5.65. The Morgan fingerprint density at radius 1 is 1.39 bits per heavy atom. The Hall–Kier alpha value is -2.04. The third-order valence-corrected chi connectivity index (χ3v) is 3.03. The smallest absolute Gasteiger partial charge is 0.148 e. The second kappa shape index (κ2) is 5.08. The van der Waals surface area contributed by atoms with Gasteiger partial charge in [0.25, 0.3) is 0 Å². The van der Waals surface area contributed by atoms with Crippen molar-refractivity contribution in [1.82, 2.24) is 14.8 Å². The third kappa shape index (κ3) is 2.30. The number of nitrogen functional groups attached to an aromatic ring is 1. The van der Waals surface area contributed by atoms with E-state index < -0.39 is 0 Å². The van der Waals surface area contributed by atoms with Crippen molar-refractivity contribution in [2.24, 2.45) is 0 Å². The SMILES string of the molecule is CCn1nc(C)c(N)c1NC(C)c1ccncc1. The van der Waals surface area contributed by atoms with Gasteiger partial charge in [0, 0.05) is 18.9 Å². The summed E-state index contributed by atoms with van der Waals surface area (Å²) in [6, 6.07) is 4.15. The highest BCUT2D eigenvalue weighted by Gasteiger charge is 2.14. The van der Waals surface area contributed by atoms with Crippen LogP contribution in [0, 0.1) is 6.92 Å². The second-order valence-corrected chi connectivity index (χ2v) is 4.31. The molecule has 0 fully saturated rings. The lowest BCUT2D eigenvalue weighted by atomic mass is 10.1. The molecule has 0 aliphatic heterocycles. The molecule has 0 bridgehead atoms. The number of hydrogen-bond acceptors (Lipinski definition) is 4. The maximum absolute atomic E-state index is 6.05. The number of hydrogen-bond donors (Lipinski definition) is 2. The van der Waals surface area contributed by atoms with Gasteiger partial charge in [0.05, 0.1) is 17.4 Å². The van der Waals surface area contributed by atoms with Crippen molar-refractivity contribution < 1.29 is 0 Å². The lowest BCUT2D eigenvalue weighted by molar-refractivity contribution is 0.651. The standard InChI is InChI=1S/C13H19N5/c1-4-18-13(12(14)10(3)17-18)16-9(2)11-5-7-15-8-6-11/h5-9,16H,4,14H2,1-3H3. The van der Waals surface area contributed by atoms with Crippen LogP contribution in [0.2, 0.25) is 0 Å². The fraction of sp³-hybridized carbons (Fsp3) is 0.385. The Morgan fingerprint density at radius 2 is 2.06 bits per heavy atom. The number of nitrogens with two attached hydrogens (primary N) is 1. The van der Waals surface area contributed by atoms with Crippen LogP contribution in [-0.2, 0) is 6.54 Å². The van der Waals surface area contributed by atoms with Crippen molar-refractivity contribution in [3.8, 4) is 0 Å². The Kier molecular flexibility index (Phi) is 3.50. The summed E-state index contributed by atoms with van der Waals surface area (Å²) in [6.45, 7) is 6.86. The minimum Gasteiger partial charge on any atom is -0.394 e. The zero-order chi connectivity index (χ0) is 13.1. The van der Waals surface area contributed by atoms with Crippen LogP contribution in [0.15, 0.2) is 24.5 Å². The van der Waals surface area contributed by atoms with Gasteiger partial charge in [-0.25, -0.2) is 4.68 Å². The molecule has 5 nitrogen and oxygen atoms in total. The molecule has 0 saturated heterocycles. The molecule has 0 aliphatic carbocycles.